The molecule has 2 aliphatic rings. The Bertz CT molecular complexity index is 631. The zero-order chi connectivity index (χ0) is 19.1. The molecule has 0 aromatic heterocycles. The normalized spacial score (nSPS) is 20.7. The number of anilines is 1. The summed E-state index contributed by atoms with van der Waals surface area (Å²) < 4.78 is 16.4. The van der Waals surface area contributed by atoms with Gasteiger partial charge in [0.15, 0.2) is 6.61 Å². The van der Waals surface area contributed by atoms with E-state index in [1.54, 1.807) is 34.1 Å². The molecule has 1 N–H and O–H groups in total. The van der Waals surface area contributed by atoms with Crippen LogP contribution in [0, 0.1) is 0 Å². The van der Waals surface area contributed by atoms with Gasteiger partial charge in [-0.05, 0) is 37.6 Å². The Hall–Kier alpha value is -2.32. The van der Waals surface area contributed by atoms with Gasteiger partial charge in [-0.3, -0.25) is 4.79 Å². The molecule has 0 radical (unpaired) electrons. The number of ether oxygens (including phenoxy) is 3. The van der Waals surface area contributed by atoms with Crippen molar-refractivity contribution in [3.63, 3.8) is 0 Å². The summed E-state index contributed by atoms with van der Waals surface area (Å²) in [7, 11) is 0. The second kappa shape index (κ2) is 9.57. The van der Waals surface area contributed by atoms with E-state index in [0.29, 0.717) is 57.4 Å². The number of nitrogens with zero attached hydrogens (tertiary/aromatic N) is 2. The third kappa shape index (κ3) is 5.83. The van der Waals surface area contributed by atoms with E-state index in [2.05, 4.69) is 5.32 Å². The van der Waals surface area contributed by atoms with Crippen LogP contribution in [0.4, 0.5) is 10.5 Å². The first kappa shape index (κ1) is 19.4. The maximum Gasteiger partial charge on any atom is 0.321 e. The molecule has 148 valence electrons. The number of morpholine rings is 1. The third-order valence-corrected chi connectivity index (χ3v) is 4.57. The van der Waals surface area contributed by atoms with Crippen molar-refractivity contribution in [2.75, 3.05) is 57.9 Å². The van der Waals surface area contributed by atoms with Crippen LogP contribution in [0.25, 0.3) is 0 Å². The van der Waals surface area contributed by atoms with Gasteiger partial charge >= 0.3 is 6.03 Å². The molecule has 2 fully saturated rings. The van der Waals surface area contributed by atoms with Gasteiger partial charge in [-0.15, -0.1) is 0 Å². The van der Waals surface area contributed by atoms with E-state index in [1.165, 1.54) is 0 Å². The minimum absolute atomic E-state index is 0.00261. The van der Waals surface area contributed by atoms with Gasteiger partial charge in [-0.1, -0.05) is 0 Å². The van der Waals surface area contributed by atoms with Crippen LogP contribution in [-0.2, 0) is 14.3 Å². The van der Waals surface area contributed by atoms with E-state index in [-0.39, 0.29) is 24.6 Å². The van der Waals surface area contributed by atoms with Gasteiger partial charge in [0.1, 0.15) is 5.75 Å². The fourth-order valence-electron chi connectivity index (χ4n) is 3.06. The molecule has 0 spiro atoms. The number of carbonyl (C=O) groups is 2. The minimum atomic E-state index is -0.136. The predicted octanol–water partition coefficient (Wildman–Crippen LogP) is 1.57. The fourth-order valence-corrected chi connectivity index (χ4v) is 3.06. The highest BCUT2D eigenvalue weighted by Crippen LogP contribution is 2.17. The first-order valence-electron chi connectivity index (χ1n) is 9.38. The molecular weight excluding hydrogens is 350 g/mol. The number of carbonyl (C=O) groups excluding carboxylic acids is 2. The number of rotatable bonds is 4. The van der Waals surface area contributed by atoms with Crippen molar-refractivity contribution < 1.29 is 23.8 Å². The van der Waals surface area contributed by atoms with E-state index in [0.717, 1.165) is 6.42 Å². The smallest absolute Gasteiger partial charge is 0.321 e. The average molecular weight is 377 g/mol. The predicted molar refractivity (Wildman–Crippen MR) is 100.0 cm³/mol. The Morgan fingerprint density at radius 2 is 1.85 bits per heavy atom. The monoisotopic (exact) mass is 377 g/mol. The van der Waals surface area contributed by atoms with Gasteiger partial charge in [0.05, 0.1) is 19.3 Å². The van der Waals surface area contributed by atoms with E-state index in [4.69, 9.17) is 14.2 Å². The molecule has 2 heterocycles. The molecule has 2 aliphatic heterocycles. The Balaban J connectivity index is 1.46. The number of benzene rings is 1. The van der Waals surface area contributed by atoms with Crippen molar-refractivity contribution in [2.24, 2.45) is 0 Å². The lowest BCUT2D eigenvalue weighted by atomic mass is 10.3. The molecule has 3 amide bonds. The molecule has 8 heteroatoms. The van der Waals surface area contributed by atoms with Crippen LogP contribution in [-0.4, -0.2) is 80.4 Å². The molecule has 3 rings (SSSR count). The number of nitrogens with one attached hydrogen (secondary N) is 1. The summed E-state index contributed by atoms with van der Waals surface area (Å²) >= 11 is 0. The van der Waals surface area contributed by atoms with Crippen molar-refractivity contribution in [1.29, 1.82) is 0 Å². The number of hydrogen-bond acceptors (Lipinski definition) is 5. The Morgan fingerprint density at radius 1 is 1.11 bits per heavy atom. The van der Waals surface area contributed by atoms with Gasteiger partial charge in [0.2, 0.25) is 0 Å². The molecule has 0 aliphatic carbocycles. The Labute approximate surface area is 159 Å². The molecular formula is C19H27N3O5. The van der Waals surface area contributed by atoms with Crippen molar-refractivity contribution in [2.45, 2.75) is 19.4 Å². The van der Waals surface area contributed by atoms with Gasteiger partial charge in [-0.25, -0.2) is 4.79 Å². The van der Waals surface area contributed by atoms with Crippen LogP contribution in [0.1, 0.15) is 13.3 Å². The fraction of sp³-hybridized carbons (Fsp3) is 0.579. The van der Waals surface area contributed by atoms with Crippen LogP contribution in [0.5, 0.6) is 5.75 Å². The maximum absolute atomic E-state index is 12.4. The third-order valence-electron chi connectivity index (χ3n) is 4.57. The van der Waals surface area contributed by atoms with E-state index >= 15 is 0 Å². The SMILES string of the molecule is C[C@H]1CN(C(=O)Nc2ccc(OCC(=O)N3CCOCC3)cc2)CCCO1. The zero-order valence-corrected chi connectivity index (χ0v) is 15.7. The van der Waals surface area contributed by atoms with Crippen molar-refractivity contribution >= 4 is 17.6 Å². The molecule has 1 aromatic carbocycles. The lowest BCUT2D eigenvalue weighted by Gasteiger charge is -2.26. The average Bonchev–Trinajstić information content (AvgIpc) is 2.92. The second-order valence-electron chi connectivity index (χ2n) is 6.72. The molecule has 8 nitrogen and oxygen atoms in total. The Morgan fingerprint density at radius 3 is 2.59 bits per heavy atom. The summed E-state index contributed by atoms with van der Waals surface area (Å²) in [5.74, 6) is 0.541. The lowest BCUT2D eigenvalue weighted by Crippen LogP contribution is -2.42. The standard InChI is InChI=1S/C19H27N3O5/c1-15-13-22(7-2-10-26-15)19(24)20-16-3-5-17(6-4-16)27-14-18(23)21-8-11-25-12-9-21/h3-6,15H,2,7-14H2,1H3,(H,20,24)/t15-/m0/s1. The first-order chi connectivity index (χ1) is 13.1. The highest BCUT2D eigenvalue weighted by Gasteiger charge is 2.20. The van der Waals surface area contributed by atoms with Crippen molar-refractivity contribution in [3.8, 4) is 5.75 Å². The van der Waals surface area contributed by atoms with Gasteiger partial charge in [0.25, 0.3) is 5.91 Å². The molecule has 1 atom stereocenters. The quantitative estimate of drug-likeness (QED) is 0.862. The molecule has 0 bridgehead atoms. The summed E-state index contributed by atoms with van der Waals surface area (Å²) in [6, 6.07) is 6.89. The molecule has 27 heavy (non-hydrogen) atoms. The van der Waals surface area contributed by atoms with Gasteiger partial charge in [-0.2, -0.15) is 0 Å². The van der Waals surface area contributed by atoms with Gasteiger partial charge < -0.3 is 29.3 Å². The largest absolute Gasteiger partial charge is 0.484 e. The van der Waals surface area contributed by atoms with E-state index in [1.807, 2.05) is 6.92 Å². The van der Waals surface area contributed by atoms with Gasteiger partial charge in [0, 0.05) is 38.5 Å². The van der Waals surface area contributed by atoms with E-state index in [9.17, 15) is 9.59 Å². The highest BCUT2D eigenvalue weighted by molar-refractivity contribution is 5.89. The summed E-state index contributed by atoms with van der Waals surface area (Å²) in [5, 5.41) is 2.89. The number of urea groups is 1. The van der Waals surface area contributed by atoms with Crippen LogP contribution in [0.2, 0.25) is 0 Å². The van der Waals surface area contributed by atoms with Crippen molar-refractivity contribution in [3.05, 3.63) is 24.3 Å². The van der Waals surface area contributed by atoms with Crippen LogP contribution < -0.4 is 10.1 Å². The van der Waals surface area contributed by atoms with Crippen LogP contribution in [0.3, 0.4) is 0 Å². The highest BCUT2D eigenvalue weighted by atomic mass is 16.5. The maximum atomic E-state index is 12.4. The van der Waals surface area contributed by atoms with Crippen molar-refractivity contribution in [1.82, 2.24) is 9.80 Å². The second-order valence-corrected chi connectivity index (χ2v) is 6.72. The zero-order valence-electron chi connectivity index (χ0n) is 15.7. The summed E-state index contributed by atoms with van der Waals surface area (Å²) in [6.07, 6.45) is 0.875. The molecule has 0 unspecified atom stereocenters. The van der Waals surface area contributed by atoms with E-state index < -0.39 is 0 Å². The number of hydrogen-bond donors (Lipinski definition) is 1. The molecule has 0 saturated carbocycles. The molecule has 2 saturated heterocycles. The van der Waals surface area contributed by atoms with Crippen LogP contribution >= 0.6 is 0 Å². The first-order valence-corrected chi connectivity index (χ1v) is 9.38. The number of amides is 3. The topological polar surface area (TPSA) is 80.3 Å². The summed E-state index contributed by atoms with van der Waals surface area (Å²) in [6.45, 7) is 6.26. The Kier molecular flexibility index (Phi) is 6.89. The lowest BCUT2D eigenvalue weighted by molar-refractivity contribution is -0.137. The van der Waals surface area contributed by atoms with Crippen LogP contribution in [0.15, 0.2) is 24.3 Å². The minimum Gasteiger partial charge on any atom is -0.484 e. The molecule has 1 aromatic rings. The summed E-state index contributed by atoms with van der Waals surface area (Å²) in [5.41, 5.74) is 0.685. The summed E-state index contributed by atoms with van der Waals surface area (Å²) in [4.78, 5) is 28.0.